The molecule has 94 valence electrons. The van der Waals surface area contributed by atoms with Gasteiger partial charge < -0.3 is 10.0 Å². The second kappa shape index (κ2) is 5.04. The molecule has 1 N–H and O–H groups in total. The number of carbonyl (C=O) groups excluding carboxylic acids is 1. The minimum absolute atomic E-state index is 0.0583. The third kappa shape index (κ3) is 2.14. The van der Waals surface area contributed by atoms with E-state index < -0.39 is 17.9 Å². The van der Waals surface area contributed by atoms with Gasteiger partial charge in [0.15, 0.2) is 0 Å². The van der Waals surface area contributed by atoms with Gasteiger partial charge in [0.25, 0.3) is 0 Å². The normalized spacial score (nSPS) is 23.1. The Balaban J connectivity index is 2.39. The van der Waals surface area contributed by atoms with Crippen molar-refractivity contribution in [2.24, 2.45) is 5.92 Å². The van der Waals surface area contributed by atoms with Crippen LogP contribution in [0.3, 0.4) is 0 Å². The van der Waals surface area contributed by atoms with Crippen molar-refractivity contribution >= 4 is 11.9 Å². The monoisotopic (exact) mass is 245 g/mol. The van der Waals surface area contributed by atoms with Crippen molar-refractivity contribution < 1.29 is 14.7 Å². The molecule has 1 saturated heterocycles. The van der Waals surface area contributed by atoms with Gasteiger partial charge >= 0.3 is 5.97 Å². The van der Waals surface area contributed by atoms with E-state index in [4.69, 9.17) is 0 Å². The van der Waals surface area contributed by atoms with Crippen LogP contribution in [0, 0.1) is 5.92 Å². The fraction of sp³-hybridized carbons (Fsp3) is 0.286. The molecule has 0 saturated carbocycles. The van der Waals surface area contributed by atoms with Crippen LogP contribution in [0.25, 0.3) is 0 Å². The van der Waals surface area contributed by atoms with Crippen LogP contribution in [0.1, 0.15) is 18.0 Å². The Morgan fingerprint density at radius 3 is 2.67 bits per heavy atom. The van der Waals surface area contributed by atoms with Gasteiger partial charge in [0.05, 0.1) is 12.0 Å². The number of carboxylic acid groups (broad SMARTS) is 1. The topological polar surface area (TPSA) is 57.6 Å². The Bertz CT molecular complexity index is 469. The fourth-order valence-corrected chi connectivity index (χ4v) is 2.43. The first-order valence-electron chi connectivity index (χ1n) is 5.83. The number of benzene rings is 1. The maximum atomic E-state index is 11.9. The van der Waals surface area contributed by atoms with Crippen molar-refractivity contribution in [2.45, 2.75) is 12.5 Å². The minimum atomic E-state index is -0.927. The van der Waals surface area contributed by atoms with E-state index in [2.05, 4.69) is 6.58 Å². The summed E-state index contributed by atoms with van der Waals surface area (Å²) in [6.07, 6.45) is 1.68. The zero-order chi connectivity index (χ0) is 13.1. The molecule has 1 aliphatic heterocycles. The van der Waals surface area contributed by atoms with E-state index in [1.165, 1.54) is 0 Å². The highest BCUT2D eigenvalue weighted by Crippen LogP contribution is 2.37. The smallest absolute Gasteiger partial charge is 0.309 e. The van der Waals surface area contributed by atoms with Crippen molar-refractivity contribution in [3.05, 3.63) is 48.6 Å². The van der Waals surface area contributed by atoms with E-state index in [1.54, 1.807) is 11.0 Å². The molecule has 0 aliphatic carbocycles. The molecule has 0 radical (unpaired) electrons. The van der Waals surface area contributed by atoms with Gasteiger partial charge in [-0.05, 0) is 5.56 Å². The van der Waals surface area contributed by atoms with E-state index in [9.17, 15) is 14.7 Å². The summed E-state index contributed by atoms with van der Waals surface area (Å²) < 4.78 is 0. The van der Waals surface area contributed by atoms with Gasteiger partial charge in [0.1, 0.15) is 0 Å². The van der Waals surface area contributed by atoms with Gasteiger partial charge in [-0.3, -0.25) is 9.59 Å². The van der Waals surface area contributed by atoms with E-state index in [1.807, 2.05) is 30.3 Å². The molecule has 1 aromatic carbocycles. The molecule has 0 unspecified atom stereocenters. The molecular weight excluding hydrogens is 230 g/mol. The molecule has 0 aromatic heterocycles. The van der Waals surface area contributed by atoms with Crippen LogP contribution < -0.4 is 0 Å². The Hall–Kier alpha value is -2.10. The quantitative estimate of drug-likeness (QED) is 0.823. The van der Waals surface area contributed by atoms with Gasteiger partial charge in [-0.2, -0.15) is 0 Å². The molecular formula is C14H15NO3. The Kier molecular flexibility index (Phi) is 3.46. The lowest BCUT2D eigenvalue weighted by molar-refractivity contribution is -0.142. The standard InChI is InChI=1S/C14H15NO3/c1-2-8-15-12(16)9-11(14(17)18)13(15)10-6-4-3-5-7-10/h2-7,11,13H,1,8-9H2,(H,17,18)/t11-,13+/m0/s1. The van der Waals surface area contributed by atoms with Gasteiger partial charge in [-0.1, -0.05) is 36.4 Å². The average Bonchev–Trinajstić information content (AvgIpc) is 2.69. The first kappa shape index (κ1) is 12.4. The molecule has 1 amide bonds. The van der Waals surface area contributed by atoms with E-state index in [0.29, 0.717) is 6.54 Å². The van der Waals surface area contributed by atoms with Gasteiger partial charge in [0.2, 0.25) is 5.91 Å². The average molecular weight is 245 g/mol. The molecule has 1 aliphatic rings. The molecule has 0 bridgehead atoms. The molecule has 4 heteroatoms. The van der Waals surface area contributed by atoms with Gasteiger partial charge in [0, 0.05) is 13.0 Å². The molecule has 2 rings (SSSR count). The van der Waals surface area contributed by atoms with Crippen LogP contribution in [0.4, 0.5) is 0 Å². The predicted octanol–water partition coefficient (Wildman–Crippen LogP) is 1.85. The Morgan fingerprint density at radius 2 is 2.11 bits per heavy atom. The van der Waals surface area contributed by atoms with Crippen LogP contribution in [0.2, 0.25) is 0 Å². The summed E-state index contributed by atoms with van der Waals surface area (Å²) >= 11 is 0. The minimum Gasteiger partial charge on any atom is -0.481 e. The summed E-state index contributed by atoms with van der Waals surface area (Å²) in [6, 6.07) is 8.89. The number of nitrogens with zero attached hydrogens (tertiary/aromatic N) is 1. The molecule has 1 fully saturated rings. The number of amides is 1. The highest BCUT2D eigenvalue weighted by atomic mass is 16.4. The van der Waals surface area contributed by atoms with Crippen molar-refractivity contribution in [1.29, 1.82) is 0 Å². The van der Waals surface area contributed by atoms with Gasteiger partial charge in [-0.25, -0.2) is 0 Å². The predicted molar refractivity (Wildman–Crippen MR) is 66.8 cm³/mol. The molecule has 0 spiro atoms. The molecule has 18 heavy (non-hydrogen) atoms. The van der Waals surface area contributed by atoms with Crippen molar-refractivity contribution in [3.8, 4) is 0 Å². The Morgan fingerprint density at radius 1 is 1.44 bits per heavy atom. The SMILES string of the molecule is C=CCN1C(=O)C[C@H](C(=O)O)[C@H]1c1ccccc1. The maximum Gasteiger partial charge on any atom is 0.309 e. The second-order valence-electron chi connectivity index (χ2n) is 4.34. The third-order valence-corrected chi connectivity index (χ3v) is 3.22. The third-order valence-electron chi connectivity index (χ3n) is 3.22. The zero-order valence-corrected chi connectivity index (χ0v) is 9.95. The highest BCUT2D eigenvalue weighted by molar-refractivity contribution is 5.87. The van der Waals surface area contributed by atoms with Crippen molar-refractivity contribution in [3.63, 3.8) is 0 Å². The van der Waals surface area contributed by atoms with Gasteiger partial charge in [-0.15, -0.1) is 6.58 Å². The summed E-state index contributed by atoms with van der Waals surface area (Å²) in [5.41, 5.74) is 0.859. The first-order chi connectivity index (χ1) is 8.65. The summed E-state index contributed by atoms with van der Waals surface area (Å²) in [4.78, 5) is 24.7. The first-order valence-corrected chi connectivity index (χ1v) is 5.83. The van der Waals surface area contributed by atoms with Crippen LogP contribution in [-0.4, -0.2) is 28.4 Å². The van der Waals surface area contributed by atoms with E-state index in [0.717, 1.165) is 5.56 Å². The molecule has 1 aromatic rings. The van der Waals surface area contributed by atoms with Crippen molar-refractivity contribution in [2.75, 3.05) is 6.54 Å². The summed E-state index contributed by atoms with van der Waals surface area (Å²) in [6.45, 7) is 3.99. The maximum absolute atomic E-state index is 11.9. The number of rotatable bonds is 4. The number of carboxylic acids is 1. The van der Waals surface area contributed by atoms with Crippen molar-refractivity contribution in [1.82, 2.24) is 4.90 Å². The number of hydrogen-bond acceptors (Lipinski definition) is 2. The van der Waals surface area contributed by atoms with Crippen LogP contribution in [-0.2, 0) is 9.59 Å². The van der Waals surface area contributed by atoms with Crippen LogP contribution in [0.5, 0.6) is 0 Å². The summed E-state index contributed by atoms with van der Waals surface area (Å²) in [5, 5.41) is 9.24. The van der Waals surface area contributed by atoms with Crippen LogP contribution >= 0.6 is 0 Å². The number of likely N-dealkylation sites (tertiary alicyclic amines) is 1. The lowest BCUT2D eigenvalue weighted by atomic mass is 9.94. The number of hydrogen-bond donors (Lipinski definition) is 1. The number of aliphatic carboxylic acids is 1. The highest BCUT2D eigenvalue weighted by Gasteiger charge is 2.43. The lowest BCUT2D eigenvalue weighted by Gasteiger charge is -2.26. The summed E-state index contributed by atoms with van der Waals surface area (Å²) in [5.74, 6) is -1.74. The Labute approximate surface area is 106 Å². The molecule has 2 atom stereocenters. The fourth-order valence-electron chi connectivity index (χ4n) is 2.43. The van der Waals surface area contributed by atoms with E-state index in [-0.39, 0.29) is 12.3 Å². The second-order valence-corrected chi connectivity index (χ2v) is 4.34. The number of carbonyl (C=O) groups is 2. The lowest BCUT2D eigenvalue weighted by Crippen LogP contribution is -2.30. The van der Waals surface area contributed by atoms with E-state index >= 15 is 0 Å². The summed E-state index contributed by atoms with van der Waals surface area (Å²) in [7, 11) is 0. The molecule has 4 nitrogen and oxygen atoms in total. The molecule has 1 heterocycles. The zero-order valence-electron chi connectivity index (χ0n) is 9.95. The van der Waals surface area contributed by atoms with Crippen LogP contribution in [0.15, 0.2) is 43.0 Å². The largest absolute Gasteiger partial charge is 0.481 e.